The number of imide groups is 1. The van der Waals surface area contributed by atoms with Crippen molar-refractivity contribution >= 4 is 45.7 Å². The first-order valence-corrected chi connectivity index (χ1v) is 14.4. The first kappa shape index (κ1) is 30.9. The molecular weight excluding hydrogens is 539 g/mol. The molecule has 0 radical (unpaired) electrons. The standard InChI is InChI=1S/C31H39FN6O4/c1-5-7-8-14-37(4)18-20-15-19(31(41)42-6-2)10-11-24(20)38-29(39)25-27(35-13-9-12-33)22-16-21(32)17-23(34-3)26(22)36-28(25)30(38)40/h10-11,15-17,34H,5-9,12-14,18,33H2,1-4H3,(H,35,36). The minimum atomic E-state index is -0.594. The van der Waals surface area contributed by atoms with Crippen LogP contribution in [0.4, 0.5) is 21.5 Å². The van der Waals surface area contributed by atoms with Crippen LogP contribution in [0.15, 0.2) is 30.3 Å². The van der Waals surface area contributed by atoms with Gasteiger partial charge in [-0.15, -0.1) is 0 Å². The predicted octanol–water partition coefficient (Wildman–Crippen LogP) is 4.78. The number of benzene rings is 2. The molecule has 1 aromatic heterocycles. The Bertz CT molecular complexity index is 1490. The molecule has 1 aliphatic heterocycles. The fraction of sp³-hybridized carbons (Fsp3) is 0.419. The van der Waals surface area contributed by atoms with Crippen molar-refractivity contribution in [2.45, 2.75) is 46.1 Å². The van der Waals surface area contributed by atoms with Crippen molar-refractivity contribution in [3.8, 4) is 0 Å². The van der Waals surface area contributed by atoms with Crippen LogP contribution in [0.25, 0.3) is 10.9 Å². The van der Waals surface area contributed by atoms with Crippen LogP contribution in [-0.4, -0.2) is 68.0 Å². The van der Waals surface area contributed by atoms with Gasteiger partial charge >= 0.3 is 5.97 Å². The lowest BCUT2D eigenvalue weighted by Crippen LogP contribution is -2.32. The number of halogens is 1. The molecule has 4 N–H and O–H groups in total. The van der Waals surface area contributed by atoms with Gasteiger partial charge in [0.15, 0.2) is 0 Å². The zero-order valence-corrected chi connectivity index (χ0v) is 24.7. The number of aromatic nitrogens is 1. The summed E-state index contributed by atoms with van der Waals surface area (Å²) in [7, 11) is 3.60. The number of nitrogens with one attached hydrogen (secondary N) is 2. The summed E-state index contributed by atoms with van der Waals surface area (Å²) in [6.45, 7) is 6.11. The second-order valence-corrected chi connectivity index (χ2v) is 10.3. The van der Waals surface area contributed by atoms with E-state index >= 15 is 0 Å². The number of anilines is 3. The van der Waals surface area contributed by atoms with E-state index in [0.29, 0.717) is 65.1 Å². The van der Waals surface area contributed by atoms with Crippen molar-refractivity contribution in [1.29, 1.82) is 0 Å². The summed E-state index contributed by atoms with van der Waals surface area (Å²) < 4.78 is 19.8. The lowest BCUT2D eigenvalue weighted by Gasteiger charge is -2.23. The van der Waals surface area contributed by atoms with Crippen LogP contribution in [0.2, 0.25) is 0 Å². The smallest absolute Gasteiger partial charge is 0.338 e. The number of esters is 1. The number of hydrogen-bond donors (Lipinski definition) is 3. The Morgan fingerprint density at radius 1 is 1.12 bits per heavy atom. The van der Waals surface area contributed by atoms with E-state index in [4.69, 9.17) is 10.5 Å². The first-order valence-electron chi connectivity index (χ1n) is 14.4. The van der Waals surface area contributed by atoms with Crippen LogP contribution < -0.4 is 21.3 Å². The monoisotopic (exact) mass is 578 g/mol. The van der Waals surface area contributed by atoms with Crippen LogP contribution in [0.3, 0.4) is 0 Å². The average molecular weight is 579 g/mol. The molecule has 0 saturated carbocycles. The Balaban J connectivity index is 1.85. The SMILES string of the molecule is CCCCCN(C)Cc1cc(C(=O)OCC)ccc1N1C(=O)c2nc3c(NC)cc(F)cc3c(NCCCN)c2C1=O. The lowest BCUT2D eigenvalue weighted by molar-refractivity contribution is 0.0526. The molecule has 0 atom stereocenters. The van der Waals surface area contributed by atoms with Gasteiger partial charge in [-0.2, -0.15) is 0 Å². The molecule has 0 aliphatic carbocycles. The normalized spacial score (nSPS) is 12.8. The average Bonchev–Trinajstić information content (AvgIpc) is 3.21. The number of carbonyl (C=O) groups is 3. The number of rotatable bonds is 14. The van der Waals surface area contributed by atoms with Crippen LogP contribution in [-0.2, 0) is 11.3 Å². The summed E-state index contributed by atoms with van der Waals surface area (Å²) in [6.07, 6.45) is 3.75. The summed E-state index contributed by atoms with van der Waals surface area (Å²) in [5.74, 6) is -2.16. The van der Waals surface area contributed by atoms with Crippen molar-refractivity contribution in [3.63, 3.8) is 0 Å². The highest BCUT2D eigenvalue weighted by molar-refractivity contribution is 6.37. The van der Waals surface area contributed by atoms with E-state index in [2.05, 4.69) is 27.4 Å². The van der Waals surface area contributed by atoms with Gasteiger partial charge < -0.3 is 26.0 Å². The number of nitrogens with two attached hydrogens (primary N) is 1. The first-order chi connectivity index (χ1) is 20.2. The zero-order valence-electron chi connectivity index (χ0n) is 24.7. The van der Waals surface area contributed by atoms with Gasteiger partial charge in [0, 0.05) is 25.5 Å². The number of pyridine rings is 1. The maximum atomic E-state index is 14.6. The summed E-state index contributed by atoms with van der Waals surface area (Å²) in [4.78, 5) is 48.4. The Morgan fingerprint density at radius 2 is 1.90 bits per heavy atom. The number of carbonyl (C=O) groups excluding carboxylic acids is 3. The molecule has 0 saturated heterocycles. The Labute approximate surface area is 245 Å². The van der Waals surface area contributed by atoms with Gasteiger partial charge in [-0.3, -0.25) is 9.59 Å². The molecule has 0 fully saturated rings. The third kappa shape index (κ3) is 6.22. The van der Waals surface area contributed by atoms with Gasteiger partial charge in [0.2, 0.25) is 0 Å². The van der Waals surface area contributed by atoms with Crippen LogP contribution in [0.1, 0.15) is 76.3 Å². The summed E-state index contributed by atoms with van der Waals surface area (Å²) in [6, 6.07) is 7.43. The largest absolute Gasteiger partial charge is 0.462 e. The lowest BCUT2D eigenvalue weighted by atomic mass is 10.0. The van der Waals surface area contributed by atoms with E-state index in [0.717, 1.165) is 30.7 Å². The fourth-order valence-corrected chi connectivity index (χ4v) is 5.19. The second kappa shape index (κ2) is 13.7. The molecule has 42 heavy (non-hydrogen) atoms. The Morgan fingerprint density at radius 3 is 2.60 bits per heavy atom. The molecule has 4 rings (SSSR count). The fourth-order valence-electron chi connectivity index (χ4n) is 5.19. The van der Waals surface area contributed by atoms with E-state index in [9.17, 15) is 18.8 Å². The number of unbranched alkanes of at least 4 members (excludes halogenated alkanes) is 2. The molecular formula is C31H39FN6O4. The molecule has 2 amide bonds. The van der Waals surface area contributed by atoms with Crippen molar-refractivity contribution < 1.29 is 23.5 Å². The molecule has 0 unspecified atom stereocenters. The van der Waals surface area contributed by atoms with E-state index in [1.165, 1.54) is 12.1 Å². The number of ether oxygens (including phenoxy) is 1. The Kier molecular flexibility index (Phi) is 10.1. The molecule has 1 aliphatic rings. The summed E-state index contributed by atoms with van der Waals surface area (Å²) in [5.41, 5.74) is 8.15. The quantitative estimate of drug-likeness (QED) is 0.141. The maximum Gasteiger partial charge on any atom is 0.338 e. The maximum absolute atomic E-state index is 14.6. The van der Waals surface area contributed by atoms with Crippen LogP contribution in [0.5, 0.6) is 0 Å². The van der Waals surface area contributed by atoms with Crippen molar-refractivity contribution in [3.05, 3.63) is 58.5 Å². The molecule has 2 aromatic carbocycles. The minimum absolute atomic E-state index is 0.0254. The van der Waals surface area contributed by atoms with E-state index < -0.39 is 23.6 Å². The molecule has 10 nitrogen and oxygen atoms in total. The second-order valence-electron chi connectivity index (χ2n) is 10.3. The highest BCUT2D eigenvalue weighted by atomic mass is 19.1. The van der Waals surface area contributed by atoms with E-state index in [1.54, 1.807) is 32.2 Å². The van der Waals surface area contributed by atoms with Gasteiger partial charge in [0.1, 0.15) is 11.5 Å². The molecule has 11 heteroatoms. The predicted molar refractivity (Wildman–Crippen MR) is 163 cm³/mol. The zero-order chi connectivity index (χ0) is 30.4. The van der Waals surface area contributed by atoms with Gasteiger partial charge in [0.05, 0.1) is 40.3 Å². The van der Waals surface area contributed by atoms with Crippen molar-refractivity contribution in [2.75, 3.05) is 55.9 Å². The van der Waals surface area contributed by atoms with Gasteiger partial charge in [0.25, 0.3) is 11.8 Å². The van der Waals surface area contributed by atoms with Gasteiger partial charge in [-0.05, 0) is 75.8 Å². The van der Waals surface area contributed by atoms with Crippen LogP contribution in [0, 0.1) is 5.82 Å². The van der Waals surface area contributed by atoms with Gasteiger partial charge in [-0.25, -0.2) is 19.1 Å². The topological polar surface area (TPSA) is 130 Å². The highest BCUT2D eigenvalue weighted by Gasteiger charge is 2.42. The van der Waals surface area contributed by atoms with Crippen LogP contribution >= 0.6 is 0 Å². The minimum Gasteiger partial charge on any atom is -0.462 e. The number of fused-ring (bicyclic) bond motifs is 2. The molecule has 224 valence electrons. The number of hydrogen-bond acceptors (Lipinski definition) is 9. The third-order valence-corrected chi connectivity index (χ3v) is 7.24. The number of amides is 2. The summed E-state index contributed by atoms with van der Waals surface area (Å²) >= 11 is 0. The highest BCUT2D eigenvalue weighted by Crippen LogP contribution is 2.40. The Hall–Kier alpha value is -4.09. The third-order valence-electron chi connectivity index (χ3n) is 7.24. The molecule has 2 heterocycles. The van der Waals surface area contributed by atoms with E-state index in [-0.39, 0.29) is 17.9 Å². The van der Waals surface area contributed by atoms with Gasteiger partial charge in [-0.1, -0.05) is 19.8 Å². The molecule has 3 aromatic rings. The molecule has 0 spiro atoms. The van der Waals surface area contributed by atoms with E-state index in [1.807, 2.05) is 7.05 Å². The van der Waals surface area contributed by atoms with Crippen molar-refractivity contribution in [1.82, 2.24) is 9.88 Å². The number of nitrogens with zero attached hydrogens (tertiary/aromatic N) is 3. The summed E-state index contributed by atoms with van der Waals surface area (Å²) in [5, 5.41) is 6.54. The molecule has 0 bridgehead atoms. The van der Waals surface area contributed by atoms with Crippen molar-refractivity contribution in [2.24, 2.45) is 5.73 Å².